The number of aromatic nitrogens is 1. The summed E-state index contributed by atoms with van der Waals surface area (Å²) in [5.74, 6) is -1.13. The lowest BCUT2D eigenvalue weighted by Gasteiger charge is -2.25. The minimum absolute atomic E-state index is 0.0241. The van der Waals surface area contributed by atoms with Crippen molar-refractivity contribution in [1.29, 1.82) is 5.26 Å². The SMILES string of the molecule is CCCOc1ccc(/C(O)=C2/C(=O)C(=O)N(c3ccc(C#N)cc3)C2c2cccnc2)cc1C. The van der Waals surface area contributed by atoms with E-state index >= 15 is 0 Å². The van der Waals surface area contributed by atoms with E-state index in [1.54, 1.807) is 67.0 Å². The molecule has 1 aliphatic heterocycles. The molecule has 7 heteroatoms. The van der Waals surface area contributed by atoms with Gasteiger partial charge in [0.15, 0.2) is 0 Å². The van der Waals surface area contributed by atoms with E-state index in [0.29, 0.717) is 34.7 Å². The number of aliphatic hydroxyl groups excluding tert-OH is 1. The van der Waals surface area contributed by atoms with Crippen molar-refractivity contribution >= 4 is 23.1 Å². The van der Waals surface area contributed by atoms with Crippen molar-refractivity contribution in [3.8, 4) is 11.8 Å². The fraction of sp³-hybridized carbons (Fsp3) is 0.185. The van der Waals surface area contributed by atoms with E-state index in [1.807, 2.05) is 19.9 Å². The van der Waals surface area contributed by atoms with E-state index in [2.05, 4.69) is 4.98 Å². The van der Waals surface area contributed by atoms with Gasteiger partial charge in [-0.2, -0.15) is 5.26 Å². The van der Waals surface area contributed by atoms with Crippen LogP contribution in [0.2, 0.25) is 0 Å². The monoisotopic (exact) mass is 453 g/mol. The highest BCUT2D eigenvalue weighted by atomic mass is 16.5. The van der Waals surface area contributed by atoms with E-state index < -0.39 is 17.7 Å². The van der Waals surface area contributed by atoms with Crippen molar-refractivity contribution < 1.29 is 19.4 Å². The highest BCUT2D eigenvalue weighted by Crippen LogP contribution is 2.42. The van der Waals surface area contributed by atoms with Crippen LogP contribution in [0.4, 0.5) is 5.69 Å². The number of Topliss-reactive ketones (excluding diaryl/α,β-unsaturated/α-hetero) is 1. The van der Waals surface area contributed by atoms with Gasteiger partial charge in [0.05, 0.1) is 29.9 Å². The fourth-order valence-corrected chi connectivity index (χ4v) is 3.97. The summed E-state index contributed by atoms with van der Waals surface area (Å²) >= 11 is 0. The Hall–Kier alpha value is -4.44. The Labute approximate surface area is 197 Å². The zero-order valence-electron chi connectivity index (χ0n) is 18.9. The van der Waals surface area contributed by atoms with Crippen LogP contribution in [0.3, 0.4) is 0 Å². The summed E-state index contributed by atoms with van der Waals surface area (Å²) < 4.78 is 5.71. The number of anilines is 1. The smallest absolute Gasteiger partial charge is 0.300 e. The first-order valence-corrected chi connectivity index (χ1v) is 10.9. The standard InChI is InChI=1S/C27H23N3O4/c1-3-13-34-22-11-8-19(14-17(22)2)25(31)23-24(20-5-4-12-29-16-20)30(27(33)26(23)32)21-9-6-18(15-28)7-10-21/h4-12,14,16,24,31H,3,13H2,1-2H3/b25-23-. The number of hydrogen-bond donors (Lipinski definition) is 1. The summed E-state index contributed by atoms with van der Waals surface area (Å²) in [7, 11) is 0. The lowest BCUT2D eigenvalue weighted by atomic mass is 9.95. The Balaban J connectivity index is 1.85. The number of carbonyl (C=O) groups excluding carboxylic acids is 2. The Bertz CT molecular complexity index is 1310. The van der Waals surface area contributed by atoms with Gasteiger partial charge in [0.1, 0.15) is 11.5 Å². The molecule has 0 aliphatic carbocycles. The van der Waals surface area contributed by atoms with Crippen molar-refractivity contribution in [2.45, 2.75) is 26.3 Å². The van der Waals surface area contributed by atoms with Gasteiger partial charge in [0.2, 0.25) is 0 Å². The van der Waals surface area contributed by atoms with E-state index in [0.717, 1.165) is 12.0 Å². The van der Waals surface area contributed by atoms with Gasteiger partial charge in [-0.05, 0) is 73.0 Å². The van der Waals surface area contributed by atoms with Crippen LogP contribution in [0.15, 0.2) is 72.6 Å². The van der Waals surface area contributed by atoms with Crippen LogP contribution in [-0.2, 0) is 9.59 Å². The Kier molecular flexibility index (Phi) is 6.42. The van der Waals surface area contributed by atoms with Gasteiger partial charge in [-0.3, -0.25) is 19.5 Å². The maximum Gasteiger partial charge on any atom is 0.300 e. The molecule has 1 unspecified atom stereocenters. The molecule has 1 atom stereocenters. The molecule has 0 spiro atoms. The van der Waals surface area contributed by atoms with Crippen LogP contribution in [0, 0.1) is 18.3 Å². The number of benzene rings is 2. The van der Waals surface area contributed by atoms with E-state index in [-0.39, 0.29) is 11.3 Å². The lowest BCUT2D eigenvalue weighted by Crippen LogP contribution is -2.29. The first kappa shape index (κ1) is 22.7. The molecule has 2 heterocycles. The van der Waals surface area contributed by atoms with Crippen molar-refractivity contribution in [3.05, 3.63) is 94.8 Å². The van der Waals surface area contributed by atoms with E-state index in [9.17, 15) is 14.7 Å². The van der Waals surface area contributed by atoms with Gasteiger partial charge in [-0.15, -0.1) is 0 Å². The second kappa shape index (κ2) is 9.59. The molecule has 170 valence electrons. The zero-order chi connectivity index (χ0) is 24.2. The summed E-state index contributed by atoms with van der Waals surface area (Å²) in [5.41, 5.74) is 2.63. The predicted octanol–water partition coefficient (Wildman–Crippen LogP) is 4.68. The molecule has 34 heavy (non-hydrogen) atoms. The maximum absolute atomic E-state index is 13.2. The molecule has 4 rings (SSSR count). The molecule has 0 saturated carbocycles. The van der Waals surface area contributed by atoms with Crippen molar-refractivity contribution in [1.82, 2.24) is 4.98 Å². The largest absolute Gasteiger partial charge is 0.507 e. The molecule has 1 aromatic heterocycles. The van der Waals surface area contributed by atoms with Crippen LogP contribution in [0.1, 0.15) is 41.6 Å². The molecule has 1 aliphatic rings. The van der Waals surface area contributed by atoms with Gasteiger partial charge in [0, 0.05) is 23.6 Å². The third kappa shape index (κ3) is 4.14. The van der Waals surface area contributed by atoms with Crippen molar-refractivity contribution in [2.75, 3.05) is 11.5 Å². The third-order valence-corrected chi connectivity index (χ3v) is 5.63. The Morgan fingerprint density at radius 3 is 2.56 bits per heavy atom. The van der Waals surface area contributed by atoms with Gasteiger partial charge in [-0.1, -0.05) is 13.0 Å². The topological polar surface area (TPSA) is 104 Å². The molecular formula is C27H23N3O4. The normalized spacial score (nSPS) is 17.0. The van der Waals surface area contributed by atoms with Crippen molar-refractivity contribution in [3.63, 3.8) is 0 Å². The van der Waals surface area contributed by atoms with E-state index in [4.69, 9.17) is 10.00 Å². The summed E-state index contributed by atoms with van der Waals surface area (Å²) in [5, 5.41) is 20.4. The minimum atomic E-state index is -0.877. The van der Waals surface area contributed by atoms with Gasteiger partial charge >= 0.3 is 0 Å². The van der Waals surface area contributed by atoms with Crippen LogP contribution in [0.25, 0.3) is 5.76 Å². The number of nitriles is 1. The molecular weight excluding hydrogens is 430 g/mol. The number of carbonyl (C=O) groups is 2. The first-order valence-electron chi connectivity index (χ1n) is 10.9. The van der Waals surface area contributed by atoms with Crippen LogP contribution in [0.5, 0.6) is 5.75 Å². The molecule has 0 radical (unpaired) electrons. The van der Waals surface area contributed by atoms with Gasteiger partial charge < -0.3 is 9.84 Å². The Morgan fingerprint density at radius 1 is 1.18 bits per heavy atom. The molecule has 7 nitrogen and oxygen atoms in total. The highest BCUT2D eigenvalue weighted by molar-refractivity contribution is 6.51. The van der Waals surface area contributed by atoms with Crippen LogP contribution in [-0.4, -0.2) is 28.4 Å². The van der Waals surface area contributed by atoms with Crippen molar-refractivity contribution in [2.24, 2.45) is 0 Å². The highest BCUT2D eigenvalue weighted by Gasteiger charge is 2.47. The number of rotatable bonds is 6. The molecule has 1 fully saturated rings. The quantitative estimate of drug-likeness (QED) is 0.330. The number of hydrogen-bond acceptors (Lipinski definition) is 6. The number of pyridine rings is 1. The molecule has 2 aromatic carbocycles. The number of aliphatic hydroxyl groups is 1. The average Bonchev–Trinajstić information content (AvgIpc) is 3.13. The van der Waals surface area contributed by atoms with E-state index in [1.165, 1.54) is 4.90 Å². The number of amides is 1. The minimum Gasteiger partial charge on any atom is -0.507 e. The van der Waals surface area contributed by atoms with Crippen LogP contribution >= 0.6 is 0 Å². The second-order valence-corrected chi connectivity index (χ2v) is 7.94. The third-order valence-electron chi connectivity index (χ3n) is 5.63. The molecule has 1 amide bonds. The lowest BCUT2D eigenvalue weighted by molar-refractivity contribution is -0.132. The van der Waals surface area contributed by atoms with Crippen LogP contribution < -0.4 is 9.64 Å². The number of ether oxygens (including phenoxy) is 1. The molecule has 3 aromatic rings. The Morgan fingerprint density at radius 2 is 1.94 bits per heavy atom. The van der Waals surface area contributed by atoms with Gasteiger partial charge in [0.25, 0.3) is 11.7 Å². The summed E-state index contributed by atoms with van der Waals surface area (Å²) in [6.07, 6.45) is 4.02. The fourth-order valence-electron chi connectivity index (χ4n) is 3.97. The average molecular weight is 453 g/mol. The number of ketones is 1. The number of aryl methyl sites for hydroxylation is 1. The first-order chi connectivity index (χ1) is 16.5. The molecule has 1 saturated heterocycles. The van der Waals surface area contributed by atoms with Gasteiger partial charge in [-0.25, -0.2) is 0 Å². The molecule has 0 bridgehead atoms. The summed E-state index contributed by atoms with van der Waals surface area (Å²) in [6.45, 7) is 4.44. The predicted molar refractivity (Wildman–Crippen MR) is 127 cm³/mol. The maximum atomic E-state index is 13.2. The molecule has 1 N–H and O–H groups in total. The summed E-state index contributed by atoms with van der Waals surface area (Å²) in [6, 6.07) is 16.1. The number of nitrogens with zero attached hydrogens (tertiary/aromatic N) is 3. The summed E-state index contributed by atoms with van der Waals surface area (Å²) in [4.78, 5) is 31.8. The second-order valence-electron chi connectivity index (χ2n) is 7.94. The zero-order valence-corrected chi connectivity index (χ0v) is 18.9.